The van der Waals surface area contributed by atoms with Gasteiger partial charge in [0.1, 0.15) is 6.10 Å². The molecule has 0 heterocycles. The highest BCUT2D eigenvalue weighted by molar-refractivity contribution is 5.81. The Hall–Kier alpha value is -1.14. The third kappa shape index (κ3) is 5.09. The van der Waals surface area contributed by atoms with E-state index in [2.05, 4.69) is 5.32 Å². The Balaban J connectivity index is 4.12. The van der Waals surface area contributed by atoms with Crippen molar-refractivity contribution in [3.8, 4) is 0 Å². The molecule has 1 amide bonds. The summed E-state index contributed by atoms with van der Waals surface area (Å²) in [5.41, 5.74) is -0.706. The SMILES string of the molecule is COCC(C)(C)[C@@H](O)C(=O)NCCC(=O)O. The van der Waals surface area contributed by atoms with Gasteiger partial charge in [0.15, 0.2) is 0 Å². The van der Waals surface area contributed by atoms with E-state index in [-0.39, 0.29) is 19.6 Å². The van der Waals surface area contributed by atoms with E-state index >= 15 is 0 Å². The van der Waals surface area contributed by atoms with Gasteiger partial charge < -0.3 is 20.3 Å². The highest BCUT2D eigenvalue weighted by Gasteiger charge is 2.33. The maximum Gasteiger partial charge on any atom is 0.305 e. The lowest BCUT2D eigenvalue weighted by Crippen LogP contribution is -2.46. The number of methoxy groups -OCH3 is 1. The maximum absolute atomic E-state index is 11.4. The number of hydrogen-bond acceptors (Lipinski definition) is 4. The zero-order valence-electron chi connectivity index (χ0n) is 9.82. The second-order valence-electron chi connectivity index (χ2n) is 4.26. The summed E-state index contributed by atoms with van der Waals surface area (Å²) in [6, 6.07) is 0. The van der Waals surface area contributed by atoms with E-state index in [0.717, 1.165) is 0 Å². The average molecular weight is 233 g/mol. The Bertz CT molecular complexity index is 252. The molecule has 6 heteroatoms. The third-order valence-corrected chi connectivity index (χ3v) is 2.14. The van der Waals surface area contributed by atoms with E-state index in [1.807, 2.05) is 0 Å². The van der Waals surface area contributed by atoms with Gasteiger partial charge in [-0.2, -0.15) is 0 Å². The summed E-state index contributed by atoms with van der Waals surface area (Å²) in [5, 5.41) is 20.4. The lowest BCUT2D eigenvalue weighted by atomic mass is 9.87. The Labute approximate surface area is 94.6 Å². The van der Waals surface area contributed by atoms with Crippen LogP contribution >= 0.6 is 0 Å². The molecule has 1 atom stereocenters. The fourth-order valence-electron chi connectivity index (χ4n) is 1.20. The fourth-order valence-corrected chi connectivity index (χ4v) is 1.20. The first kappa shape index (κ1) is 14.9. The van der Waals surface area contributed by atoms with Gasteiger partial charge in [-0.15, -0.1) is 0 Å². The third-order valence-electron chi connectivity index (χ3n) is 2.14. The Kier molecular flexibility index (Phi) is 5.98. The molecule has 0 saturated heterocycles. The van der Waals surface area contributed by atoms with Crippen molar-refractivity contribution in [2.24, 2.45) is 5.41 Å². The first-order valence-electron chi connectivity index (χ1n) is 4.97. The van der Waals surface area contributed by atoms with E-state index in [0.29, 0.717) is 0 Å². The molecule has 16 heavy (non-hydrogen) atoms. The van der Waals surface area contributed by atoms with Gasteiger partial charge in [0.2, 0.25) is 5.91 Å². The van der Waals surface area contributed by atoms with Gasteiger partial charge in [0.25, 0.3) is 0 Å². The molecule has 94 valence electrons. The van der Waals surface area contributed by atoms with E-state index in [1.165, 1.54) is 7.11 Å². The normalized spacial score (nSPS) is 13.2. The summed E-state index contributed by atoms with van der Waals surface area (Å²) in [6.45, 7) is 3.63. The van der Waals surface area contributed by atoms with Crippen molar-refractivity contribution < 1.29 is 24.5 Å². The first-order chi connectivity index (χ1) is 7.31. The number of rotatable bonds is 7. The molecule has 0 rings (SSSR count). The zero-order valence-corrected chi connectivity index (χ0v) is 9.82. The molecule has 0 aliphatic heterocycles. The fraction of sp³-hybridized carbons (Fsp3) is 0.800. The summed E-state index contributed by atoms with van der Waals surface area (Å²) in [7, 11) is 1.48. The Morgan fingerprint density at radius 3 is 2.44 bits per heavy atom. The number of amides is 1. The second-order valence-corrected chi connectivity index (χ2v) is 4.26. The van der Waals surface area contributed by atoms with Crippen molar-refractivity contribution in [3.05, 3.63) is 0 Å². The Morgan fingerprint density at radius 2 is 2.00 bits per heavy atom. The molecular formula is C10H19NO5. The highest BCUT2D eigenvalue weighted by Crippen LogP contribution is 2.20. The van der Waals surface area contributed by atoms with Gasteiger partial charge >= 0.3 is 5.97 Å². The quantitative estimate of drug-likeness (QED) is 0.556. The van der Waals surface area contributed by atoms with Gasteiger partial charge in [-0.25, -0.2) is 0 Å². The number of carbonyl (C=O) groups excluding carboxylic acids is 1. The predicted octanol–water partition coefficient (Wildman–Crippen LogP) is -0.389. The van der Waals surface area contributed by atoms with Crippen LogP contribution in [0.5, 0.6) is 0 Å². The molecule has 3 N–H and O–H groups in total. The van der Waals surface area contributed by atoms with Crippen LogP contribution in [-0.4, -0.2) is 48.5 Å². The smallest absolute Gasteiger partial charge is 0.305 e. The van der Waals surface area contributed by atoms with Crippen LogP contribution in [0.25, 0.3) is 0 Å². The molecule has 0 unspecified atom stereocenters. The van der Waals surface area contributed by atoms with Crippen molar-refractivity contribution in [2.75, 3.05) is 20.3 Å². The number of aliphatic hydroxyl groups is 1. The monoisotopic (exact) mass is 233 g/mol. The minimum absolute atomic E-state index is 0.00822. The van der Waals surface area contributed by atoms with Gasteiger partial charge in [0, 0.05) is 19.1 Å². The van der Waals surface area contributed by atoms with Crippen molar-refractivity contribution in [1.29, 1.82) is 0 Å². The average Bonchev–Trinajstić information content (AvgIpc) is 2.15. The van der Waals surface area contributed by atoms with E-state index in [4.69, 9.17) is 9.84 Å². The van der Waals surface area contributed by atoms with Crippen LogP contribution in [0, 0.1) is 5.41 Å². The number of ether oxygens (including phenoxy) is 1. The molecule has 6 nitrogen and oxygen atoms in total. The molecule has 0 bridgehead atoms. The molecule has 0 aromatic carbocycles. The van der Waals surface area contributed by atoms with Gasteiger partial charge in [-0.05, 0) is 0 Å². The van der Waals surface area contributed by atoms with Crippen LogP contribution in [0.1, 0.15) is 20.3 Å². The second kappa shape index (κ2) is 6.44. The van der Waals surface area contributed by atoms with Crippen LogP contribution in [0.2, 0.25) is 0 Å². The number of nitrogens with one attached hydrogen (secondary N) is 1. The number of aliphatic carboxylic acids is 1. The van der Waals surface area contributed by atoms with Crippen LogP contribution in [0.15, 0.2) is 0 Å². The molecule has 0 aromatic rings. The Morgan fingerprint density at radius 1 is 1.44 bits per heavy atom. The van der Waals surface area contributed by atoms with E-state index < -0.39 is 23.4 Å². The highest BCUT2D eigenvalue weighted by atomic mass is 16.5. The first-order valence-corrected chi connectivity index (χ1v) is 4.97. The number of carboxylic acids is 1. The van der Waals surface area contributed by atoms with Crippen LogP contribution in [0.3, 0.4) is 0 Å². The molecular weight excluding hydrogens is 214 g/mol. The van der Waals surface area contributed by atoms with Crippen LogP contribution < -0.4 is 5.32 Å². The molecule has 0 spiro atoms. The number of hydrogen-bond donors (Lipinski definition) is 3. The van der Waals surface area contributed by atoms with Gasteiger partial charge in [-0.3, -0.25) is 9.59 Å². The topological polar surface area (TPSA) is 95.9 Å². The van der Waals surface area contributed by atoms with Crippen molar-refractivity contribution >= 4 is 11.9 Å². The van der Waals surface area contributed by atoms with Crippen LogP contribution in [0.4, 0.5) is 0 Å². The van der Waals surface area contributed by atoms with E-state index in [1.54, 1.807) is 13.8 Å². The molecule has 0 radical (unpaired) electrons. The number of carboxylic acid groups (broad SMARTS) is 1. The number of aliphatic hydroxyl groups excluding tert-OH is 1. The summed E-state index contributed by atoms with van der Waals surface area (Å²) < 4.78 is 4.89. The summed E-state index contributed by atoms with van der Waals surface area (Å²) in [4.78, 5) is 21.7. The van der Waals surface area contributed by atoms with Crippen molar-refractivity contribution in [2.45, 2.75) is 26.4 Å². The predicted molar refractivity (Wildman–Crippen MR) is 56.9 cm³/mol. The minimum atomic E-state index is -1.22. The van der Waals surface area contributed by atoms with Gasteiger partial charge in [0.05, 0.1) is 13.0 Å². The summed E-state index contributed by atoms with van der Waals surface area (Å²) in [6.07, 6.45) is -1.38. The lowest BCUT2D eigenvalue weighted by molar-refractivity contribution is -0.139. The minimum Gasteiger partial charge on any atom is -0.481 e. The molecule has 0 aliphatic rings. The molecule has 0 fully saturated rings. The summed E-state index contributed by atoms with van der Waals surface area (Å²) >= 11 is 0. The standard InChI is InChI=1S/C10H19NO5/c1-10(2,6-16-3)8(14)9(15)11-5-4-7(12)13/h8,14H,4-6H2,1-3H3,(H,11,15)(H,12,13)/t8-/m0/s1. The maximum atomic E-state index is 11.4. The number of carbonyl (C=O) groups is 2. The van der Waals surface area contributed by atoms with Crippen LogP contribution in [-0.2, 0) is 14.3 Å². The van der Waals surface area contributed by atoms with Gasteiger partial charge in [-0.1, -0.05) is 13.8 Å². The summed E-state index contributed by atoms with van der Waals surface area (Å²) in [5.74, 6) is -1.57. The van der Waals surface area contributed by atoms with Crippen molar-refractivity contribution in [1.82, 2.24) is 5.32 Å². The zero-order chi connectivity index (χ0) is 12.8. The largest absolute Gasteiger partial charge is 0.481 e. The molecule has 0 saturated carbocycles. The van der Waals surface area contributed by atoms with Crippen molar-refractivity contribution in [3.63, 3.8) is 0 Å². The lowest BCUT2D eigenvalue weighted by Gasteiger charge is -2.28. The molecule has 0 aromatic heterocycles. The van der Waals surface area contributed by atoms with E-state index in [9.17, 15) is 14.7 Å². The molecule has 0 aliphatic carbocycles.